The zero-order valence-electron chi connectivity index (χ0n) is 51.8. The Morgan fingerprint density at radius 3 is 1.10 bits per heavy atom. The van der Waals surface area contributed by atoms with E-state index in [1.807, 2.05) is 21.1 Å². The van der Waals surface area contributed by atoms with Crippen molar-refractivity contribution in [2.45, 2.75) is 283 Å². The van der Waals surface area contributed by atoms with E-state index in [-0.39, 0.29) is 32.2 Å². The van der Waals surface area contributed by atoms with Gasteiger partial charge in [0.05, 0.1) is 34.4 Å². The van der Waals surface area contributed by atoms with Crippen LogP contribution in [0.4, 0.5) is 0 Å². The molecule has 9 nitrogen and oxygen atoms in total. The fourth-order valence-corrected chi connectivity index (χ4v) is 8.87. The summed E-state index contributed by atoms with van der Waals surface area (Å²) >= 11 is 0. The van der Waals surface area contributed by atoms with Gasteiger partial charge in [-0.1, -0.05) is 259 Å². The molecule has 0 rings (SSSR count). The number of aliphatic carboxylic acids is 1. The molecule has 0 radical (unpaired) electrons. The van der Waals surface area contributed by atoms with Crippen molar-refractivity contribution < 1.29 is 42.9 Å². The summed E-state index contributed by atoms with van der Waals surface area (Å²) in [5.74, 6) is -2.06. The third kappa shape index (κ3) is 61.7. The van der Waals surface area contributed by atoms with E-state index in [9.17, 15) is 19.5 Å². The van der Waals surface area contributed by atoms with Crippen LogP contribution in [0.25, 0.3) is 0 Å². The van der Waals surface area contributed by atoms with Crippen molar-refractivity contribution >= 4 is 17.9 Å². The van der Waals surface area contributed by atoms with E-state index < -0.39 is 24.3 Å². The molecule has 0 fully saturated rings. The number of allylic oxidation sites excluding steroid dienone is 16. The summed E-state index contributed by atoms with van der Waals surface area (Å²) in [6.07, 6.45) is 79.5. The van der Waals surface area contributed by atoms with Gasteiger partial charge in [0.1, 0.15) is 13.2 Å². The molecule has 0 heterocycles. The molecule has 0 aromatic carbocycles. The zero-order chi connectivity index (χ0) is 57.6. The molecule has 1 N–H and O–H groups in total. The van der Waals surface area contributed by atoms with Crippen LogP contribution >= 0.6 is 0 Å². The summed E-state index contributed by atoms with van der Waals surface area (Å²) in [5.41, 5.74) is 0. The Hall–Kier alpha value is -3.79. The number of carbonyl (C=O) groups is 3. The van der Waals surface area contributed by atoms with Gasteiger partial charge in [-0.15, -0.1) is 0 Å². The Kier molecular flexibility index (Phi) is 57.4. The summed E-state index contributed by atoms with van der Waals surface area (Å²) in [6.45, 7) is 4.71. The van der Waals surface area contributed by atoms with Crippen molar-refractivity contribution in [1.82, 2.24) is 0 Å². The molecular weight excluding hydrogens is 983 g/mol. The topological polar surface area (TPSA) is 108 Å². The number of hydrogen-bond acceptors (Lipinski definition) is 7. The summed E-state index contributed by atoms with van der Waals surface area (Å²) in [5, 5.41) is 9.72. The average Bonchev–Trinajstić information content (AvgIpc) is 3.42. The maximum absolute atomic E-state index is 12.9. The van der Waals surface area contributed by atoms with Gasteiger partial charge >= 0.3 is 17.9 Å². The van der Waals surface area contributed by atoms with Gasteiger partial charge in [0.15, 0.2) is 6.10 Å². The van der Waals surface area contributed by atoms with E-state index in [2.05, 4.69) is 111 Å². The normalized spacial score (nSPS) is 13.4. The number of nitrogens with zero attached hydrogens (tertiary/aromatic N) is 1. The lowest BCUT2D eigenvalue weighted by atomic mass is 10.0. The Balaban J connectivity index is 4.15. The van der Waals surface area contributed by atoms with E-state index in [1.165, 1.54) is 161 Å². The number of quaternary nitrogens is 1. The Morgan fingerprint density at radius 2 is 0.722 bits per heavy atom. The quantitative estimate of drug-likeness (QED) is 0.0211. The van der Waals surface area contributed by atoms with Gasteiger partial charge < -0.3 is 28.5 Å². The number of carbonyl (C=O) groups excluding carboxylic acids is 2. The number of esters is 2. The number of hydrogen-bond donors (Lipinski definition) is 1. The van der Waals surface area contributed by atoms with Crippen LogP contribution in [0.15, 0.2) is 97.2 Å². The highest BCUT2D eigenvalue weighted by Crippen LogP contribution is 2.17. The van der Waals surface area contributed by atoms with Gasteiger partial charge in [-0.25, -0.2) is 4.79 Å². The molecule has 0 saturated carbocycles. The number of likely N-dealkylation sites (N-methyl/N-ethyl adjacent to an activating group) is 1. The number of rotatable bonds is 59. The minimum Gasteiger partial charge on any atom is -0.477 e. The van der Waals surface area contributed by atoms with Crippen LogP contribution in [0, 0.1) is 0 Å². The third-order valence-corrected chi connectivity index (χ3v) is 13.8. The van der Waals surface area contributed by atoms with Gasteiger partial charge in [0.2, 0.25) is 0 Å². The minimum absolute atomic E-state index is 0.175. The lowest BCUT2D eigenvalue weighted by Gasteiger charge is -2.25. The van der Waals surface area contributed by atoms with E-state index in [0.29, 0.717) is 23.9 Å². The molecule has 0 bridgehead atoms. The maximum atomic E-state index is 12.9. The van der Waals surface area contributed by atoms with Crippen molar-refractivity contribution in [2.24, 2.45) is 0 Å². The first-order valence-electron chi connectivity index (χ1n) is 32.4. The Bertz CT molecular complexity index is 1620. The number of carboxylic acid groups (broad SMARTS) is 1. The fraction of sp³-hybridized carbons (Fsp3) is 0.729. The molecular formula is C70H122NO8+. The highest BCUT2D eigenvalue weighted by molar-refractivity contribution is 5.71. The first-order valence-corrected chi connectivity index (χ1v) is 32.4. The lowest BCUT2D eigenvalue weighted by Crippen LogP contribution is -2.40. The van der Waals surface area contributed by atoms with Crippen LogP contribution in [-0.2, 0) is 33.3 Å². The molecule has 2 unspecified atom stereocenters. The van der Waals surface area contributed by atoms with Crippen molar-refractivity contribution in [2.75, 3.05) is 47.5 Å². The molecule has 0 spiro atoms. The van der Waals surface area contributed by atoms with E-state index in [4.69, 9.17) is 18.9 Å². The molecule has 0 aliphatic carbocycles. The maximum Gasteiger partial charge on any atom is 0.361 e. The van der Waals surface area contributed by atoms with Gasteiger partial charge in [0.25, 0.3) is 6.29 Å². The summed E-state index contributed by atoms with van der Waals surface area (Å²) in [4.78, 5) is 37.5. The molecule has 2 atom stereocenters. The van der Waals surface area contributed by atoms with Gasteiger partial charge in [-0.2, -0.15) is 0 Å². The molecule has 0 aliphatic rings. The zero-order valence-corrected chi connectivity index (χ0v) is 51.8. The molecule has 0 amide bonds. The molecule has 79 heavy (non-hydrogen) atoms. The number of carboxylic acids is 1. The first kappa shape index (κ1) is 75.2. The number of ether oxygens (including phenoxy) is 4. The van der Waals surface area contributed by atoms with Crippen molar-refractivity contribution in [3.8, 4) is 0 Å². The smallest absolute Gasteiger partial charge is 0.361 e. The second-order valence-corrected chi connectivity index (χ2v) is 22.7. The van der Waals surface area contributed by atoms with E-state index in [0.717, 1.165) is 77.0 Å². The van der Waals surface area contributed by atoms with Crippen LogP contribution in [0.2, 0.25) is 0 Å². The van der Waals surface area contributed by atoms with Gasteiger partial charge in [0, 0.05) is 12.8 Å². The molecule has 454 valence electrons. The highest BCUT2D eigenvalue weighted by Gasteiger charge is 2.25. The van der Waals surface area contributed by atoms with Crippen LogP contribution in [-0.4, -0.2) is 87.4 Å². The largest absolute Gasteiger partial charge is 0.477 e. The average molecular weight is 1110 g/mol. The first-order chi connectivity index (χ1) is 38.6. The molecule has 0 aliphatic heterocycles. The van der Waals surface area contributed by atoms with Gasteiger partial charge in [-0.3, -0.25) is 9.59 Å². The third-order valence-electron chi connectivity index (χ3n) is 13.8. The summed E-state index contributed by atoms with van der Waals surface area (Å²) in [7, 11) is 5.95. The van der Waals surface area contributed by atoms with Crippen molar-refractivity contribution in [3.05, 3.63) is 97.2 Å². The second-order valence-electron chi connectivity index (χ2n) is 22.7. The predicted molar refractivity (Wildman–Crippen MR) is 336 cm³/mol. The van der Waals surface area contributed by atoms with Crippen molar-refractivity contribution in [1.29, 1.82) is 0 Å². The minimum atomic E-state index is -1.53. The monoisotopic (exact) mass is 1100 g/mol. The van der Waals surface area contributed by atoms with Crippen LogP contribution < -0.4 is 0 Å². The Morgan fingerprint density at radius 1 is 0.392 bits per heavy atom. The van der Waals surface area contributed by atoms with Gasteiger partial charge in [-0.05, 0) is 96.3 Å². The summed E-state index contributed by atoms with van der Waals surface area (Å²) < 4.78 is 22.9. The van der Waals surface area contributed by atoms with E-state index in [1.54, 1.807) is 0 Å². The second kappa shape index (κ2) is 60.3. The lowest BCUT2D eigenvalue weighted by molar-refractivity contribution is -0.870. The Labute approximate surface area is 486 Å². The standard InChI is InChI=1S/C70H121NO8/c1-6-8-10-12-14-16-18-20-22-24-26-28-29-30-31-32-33-34-35-36-37-38-39-41-42-44-46-48-50-52-54-56-58-60-67(72)77-64-66(65-78-70(69(74)75)76-63-62-71(3,4)5)79-68(73)61-59-57-55-53-51-49-47-45-43-40-27-25-23-21-19-17-15-13-11-9-7-2/h9,11,15,17-18,20-21,23-24,26-27,40,45,47,51,53,66,70H,6-8,10,12-14,16,19,22,25,28-39,41-44,46,48-50,52,54-65H2,1-5H3/p+1/b11-9-,17-15-,20-18-,23-21-,26-24-,40-27-,47-45-,53-51-. The molecule has 9 heteroatoms. The van der Waals surface area contributed by atoms with E-state index >= 15 is 0 Å². The van der Waals surface area contributed by atoms with Crippen molar-refractivity contribution in [3.63, 3.8) is 0 Å². The predicted octanol–water partition coefficient (Wildman–Crippen LogP) is 19.7. The molecule has 0 aromatic heterocycles. The van der Waals surface area contributed by atoms with Crippen LogP contribution in [0.1, 0.15) is 271 Å². The molecule has 0 aromatic rings. The summed E-state index contributed by atoms with van der Waals surface area (Å²) in [6, 6.07) is 0. The number of unbranched alkanes of at least 4 members (excludes halogenated alkanes) is 28. The highest BCUT2D eigenvalue weighted by atomic mass is 16.7. The van der Waals surface area contributed by atoms with Crippen LogP contribution in [0.5, 0.6) is 0 Å². The molecule has 0 saturated heterocycles. The SMILES string of the molecule is CC/C=C\C/C=C\C/C=C\C/C=C\C/C=C\C/C=C\CCCCC(=O)OC(COC(=O)CCCCCCCCCCCCCCCCCCCCCCC/C=C\C/C=C\CCCCCCC)COC(OCC[N+](C)(C)C)C(=O)O. The fourth-order valence-electron chi connectivity index (χ4n) is 8.87. The van der Waals surface area contributed by atoms with Crippen LogP contribution in [0.3, 0.4) is 0 Å².